The number of hydrogen-bond acceptors (Lipinski definition) is 5. The number of benzene rings is 2. The van der Waals surface area contributed by atoms with Gasteiger partial charge in [-0.3, -0.25) is 10.3 Å². The number of fused-ring (bicyclic) bond motifs is 1. The standard InChI is InChI=1S/C31H37ClN4O/c1-30(2,37)26-9-8-23(18-27(26)32)28(33)25-17-24(19-35-29(25)34)21-7-6-20-10-12-31(3,13-11-22(20)16-21)36-14-4-5-15-36/h6-9,16-19,33,37H,4-5,10-15H2,1-3H3,(H2,34,35). The Balaban J connectivity index is 1.42. The molecule has 4 N–H and O–H groups in total. The fourth-order valence-corrected chi connectivity index (χ4v) is 6.36. The van der Waals surface area contributed by atoms with Gasteiger partial charge in [-0.25, -0.2) is 4.98 Å². The quantitative estimate of drug-likeness (QED) is 0.272. The van der Waals surface area contributed by atoms with Gasteiger partial charge in [0.1, 0.15) is 5.82 Å². The van der Waals surface area contributed by atoms with E-state index in [1.165, 1.54) is 49.9 Å². The maximum atomic E-state index is 10.3. The number of nitrogens with two attached hydrogens (primary N) is 1. The van der Waals surface area contributed by atoms with Crippen molar-refractivity contribution < 1.29 is 5.11 Å². The second kappa shape index (κ2) is 9.86. The number of nitrogens with zero attached hydrogens (tertiary/aromatic N) is 2. The highest BCUT2D eigenvalue weighted by Crippen LogP contribution is 2.36. The lowest BCUT2D eigenvalue weighted by atomic mass is 9.90. The summed E-state index contributed by atoms with van der Waals surface area (Å²) in [6, 6.07) is 14.0. The van der Waals surface area contributed by atoms with Gasteiger partial charge in [-0.2, -0.15) is 0 Å². The predicted molar refractivity (Wildman–Crippen MR) is 153 cm³/mol. The predicted octanol–water partition coefficient (Wildman–Crippen LogP) is 6.36. The lowest BCUT2D eigenvalue weighted by molar-refractivity contribution is 0.0787. The normalized spacial score (nSPS) is 20.5. The fourth-order valence-electron chi connectivity index (χ4n) is 5.94. The second-order valence-electron chi connectivity index (χ2n) is 11.5. The van der Waals surface area contributed by atoms with Crippen molar-refractivity contribution in [1.29, 1.82) is 5.41 Å². The molecule has 1 aliphatic carbocycles. The summed E-state index contributed by atoms with van der Waals surface area (Å²) in [7, 11) is 0. The first-order chi connectivity index (χ1) is 17.5. The van der Waals surface area contributed by atoms with E-state index in [0.29, 0.717) is 27.5 Å². The van der Waals surface area contributed by atoms with E-state index in [1.54, 1.807) is 38.2 Å². The highest BCUT2D eigenvalue weighted by Gasteiger charge is 2.34. The van der Waals surface area contributed by atoms with Crippen LogP contribution < -0.4 is 5.73 Å². The van der Waals surface area contributed by atoms with Gasteiger partial charge in [0.15, 0.2) is 0 Å². The molecule has 2 aromatic carbocycles. The molecule has 1 aliphatic heterocycles. The number of aromatic nitrogens is 1. The average molecular weight is 517 g/mol. The Hall–Kier alpha value is -2.73. The fraction of sp³-hybridized carbons (Fsp3) is 0.419. The van der Waals surface area contributed by atoms with Gasteiger partial charge in [0.25, 0.3) is 0 Å². The summed E-state index contributed by atoms with van der Waals surface area (Å²) in [6.07, 6.45) is 9.02. The Morgan fingerprint density at radius 1 is 1.03 bits per heavy atom. The zero-order valence-corrected chi connectivity index (χ0v) is 22.8. The van der Waals surface area contributed by atoms with Crippen LogP contribution in [0.4, 0.5) is 5.82 Å². The van der Waals surface area contributed by atoms with E-state index < -0.39 is 5.60 Å². The van der Waals surface area contributed by atoms with Crippen LogP contribution in [0, 0.1) is 5.41 Å². The molecule has 2 heterocycles. The Morgan fingerprint density at radius 2 is 1.73 bits per heavy atom. The molecule has 37 heavy (non-hydrogen) atoms. The number of hydrogen-bond donors (Lipinski definition) is 3. The molecule has 5 nitrogen and oxygen atoms in total. The highest BCUT2D eigenvalue weighted by molar-refractivity contribution is 6.32. The molecule has 3 aromatic rings. The van der Waals surface area contributed by atoms with Crippen molar-refractivity contribution >= 4 is 23.1 Å². The molecule has 0 spiro atoms. The second-order valence-corrected chi connectivity index (χ2v) is 11.9. The van der Waals surface area contributed by atoms with E-state index in [2.05, 4.69) is 35.0 Å². The number of pyridine rings is 1. The van der Waals surface area contributed by atoms with Crippen LogP contribution in [0.2, 0.25) is 5.02 Å². The monoisotopic (exact) mass is 516 g/mol. The van der Waals surface area contributed by atoms with Crippen molar-refractivity contribution in [3.63, 3.8) is 0 Å². The number of halogens is 1. The molecule has 194 valence electrons. The summed E-state index contributed by atoms with van der Waals surface area (Å²) in [4.78, 5) is 7.15. The van der Waals surface area contributed by atoms with Crippen LogP contribution in [0.3, 0.4) is 0 Å². The van der Waals surface area contributed by atoms with E-state index in [0.717, 1.165) is 24.0 Å². The molecule has 1 fully saturated rings. The Labute approximate surface area is 225 Å². The topological polar surface area (TPSA) is 86.2 Å². The van der Waals surface area contributed by atoms with Crippen molar-refractivity contribution in [2.75, 3.05) is 18.8 Å². The minimum absolute atomic E-state index is 0.257. The molecule has 1 aromatic heterocycles. The summed E-state index contributed by atoms with van der Waals surface area (Å²) in [6.45, 7) is 8.30. The molecule has 0 radical (unpaired) electrons. The first-order valence-electron chi connectivity index (χ1n) is 13.3. The van der Waals surface area contributed by atoms with Crippen molar-refractivity contribution in [1.82, 2.24) is 9.88 Å². The molecule has 6 heteroatoms. The minimum atomic E-state index is -1.06. The molecular formula is C31H37ClN4O. The van der Waals surface area contributed by atoms with Crippen LogP contribution in [0.5, 0.6) is 0 Å². The SMILES string of the molecule is CC(C)(O)c1ccc(C(=N)c2cc(-c3ccc4c(c3)CCC(C)(N3CCCC3)CC4)cnc2N)cc1Cl. The Bertz CT molecular complexity index is 1340. The van der Waals surface area contributed by atoms with Gasteiger partial charge >= 0.3 is 0 Å². The van der Waals surface area contributed by atoms with Crippen molar-refractivity contribution in [2.45, 2.75) is 70.4 Å². The summed E-state index contributed by atoms with van der Waals surface area (Å²) in [5.74, 6) is 0.313. The molecule has 1 unspecified atom stereocenters. The van der Waals surface area contributed by atoms with Crippen LogP contribution in [-0.4, -0.2) is 39.3 Å². The molecule has 2 aliphatic rings. The maximum absolute atomic E-state index is 10.3. The van der Waals surface area contributed by atoms with E-state index in [-0.39, 0.29) is 11.3 Å². The number of aliphatic hydroxyl groups is 1. The van der Waals surface area contributed by atoms with E-state index in [1.807, 2.05) is 6.07 Å². The van der Waals surface area contributed by atoms with Gasteiger partial charge < -0.3 is 10.8 Å². The van der Waals surface area contributed by atoms with Crippen LogP contribution in [-0.2, 0) is 18.4 Å². The minimum Gasteiger partial charge on any atom is -0.386 e. The van der Waals surface area contributed by atoms with Gasteiger partial charge in [-0.15, -0.1) is 0 Å². The smallest absolute Gasteiger partial charge is 0.132 e. The summed E-state index contributed by atoms with van der Waals surface area (Å²) in [5.41, 5.74) is 12.4. The number of rotatable bonds is 5. The summed E-state index contributed by atoms with van der Waals surface area (Å²) in [5, 5.41) is 19.6. The zero-order chi connectivity index (χ0) is 26.4. The molecular weight excluding hydrogens is 480 g/mol. The van der Waals surface area contributed by atoms with Crippen molar-refractivity contribution in [2.24, 2.45) is 0 Å². The largest absolute Gasteiger partial charge is 0.386 e. The molecule has 0 bridgehead atoms. The lowest BCUT2D eigenvalue weighted by Crippen LogP contribution is -2.44. The first-order valence-corrected chi connectivity index (χ1v) is 13.7. The maximum Gasteiger partial charge on any atom is 0.132 e. The lowest BCUT2D eigenvalue weighted by Gasteiger charge is -2.38. The Kier molecular flexibility index (Phi) is 6.90. The van der Waals surface area contributed by atoms with Crippen LogP contribution in [0.15, 0.2) is 48.7 Å². The number of likely N-dealkylation sites (tertiary alicyclic amines) is 1. The first kappa shape index (κ1) is 25.9. The van der Waals surface area contributed by atoms with Gasteiger partial charge in [0, 0.05) is 39.0 Å². The van der Waals surface area contributed by atoms with Crippen LogP contribution in [0.25, 0.3) is 11.1 Å². The summed E-state index contributed by atoms with van der Waals surface area (Å²) < 4.78 is 0. The van der Waals surface area contributed by atoms with Crippen LogP contribution in [0.1, 0.15) is 74.3 Å². The highest BCUT2D eigenvalue weighted by atomic mass is 35.5. The van der Waals surface area contributed by atoms with Gasteiger partial charge in [-0.05, 0) is 101 Å². The molecule has 0 amide bonds. The Morgan fingerprint density at radius 3 is 2.41 bits per heavy atom. The molecule has 5 rings (SSSR count). The zero-order valence-electron chi connectivity index (χ0n) is 22.1. The number of nitrogens with one attached hydrogen (secondary N) is 1. The third kappa shape index (κ3) is 5.18. The van der Waals surface area contributed by atoms with Gasteiger partial charge in [0.05, 0.1) is 11.3 Å². The molecule has 0 saturated carbocycles. The van der Waals surface area contributed by atoms with Gasteiger partial charge in [-0.1, -0.05) is 41.9 Å². The summed E-state index contributed by atoms with van der Waals surface area (Å²) >= 11 is 6.45. The van der Waals surface area contributed by atoms with Crippen LogP contribution >= 0.6 is 11.6 Å². The molecule has 1 saturated heterocycles. The number of nitrogen functional groups attached to an aromatic ring is 1. The van der Waals surface area contributed by atoms with Crippen molar-refractivity contribution in [3.05, 3.63) is 81.5 Å². The third-order valence-electron chi connectivity index (χ3n) is 8.38. The van der Waals surface area contributed by atoms with Gasteiger partial charge in [0.2, 0.25) is 0 Å². The third-order valence-corrected chi connectivity index (χ3v) is 8.69. The van der Waals surface area contributed by atoms with E-state index >= 15 is 0 Å². The number of anilines is 1. The molecule has 1 atom stereocenters. The number of aryl methyl sites for hydroxylation is 2. The average Bonchev–Trinajstić information content (AvgIpc) is 3.36. The van der Waals surface area contributed by atoms with E-state index in [9.17, 15) is 5.11 Å². The van der Waals surface area contributed by atoms with Crippen molar-refractivity contribution in [3.8, 4) is 11.1 Å². The van der Waals surface area contributed by atoms with E-state index in [4.69, 9.17) is 22.7 Å².